The number of benzene rings is 1. The molecule has 1 aliphatic rings. The highest BCUT2D eigenvalue weighted by Crippen LogP contribution is 2.32. The third-order valence-corrected chi connectivity index (χ3v) is 3.78. The Kier molecular flexibility index (Phi) is 3.21. The molecule has 0 aliphatic carbocycles. The van der Waals surface area contributed by atoms with Crippen LogP contribution in [0.2, 0.25) is 0 Å². The van der Waals surface area contributed by atoms with E-state index in [1.165, 1.54) is 0 Å². The summed E-state index contributed by atoms with van der Waals surface area (Å²) in [4.78, 5) is 29.7. The Balaban J connectivity index is 2.16. The SMILES string of the molecule is CCC1C(=O)NC(=O)CN1c1ccc(N)c2ccncc12. The van der Waals surface area contributed by atoms with Gasteiger partial charge in [-0.15, -0.1) is 0 Å². The lowest BCUT2D eigenvalue weighted by molar-refractivity contribution is -0.132. The molecular weight excluding hydrogens is 268 g/mol. The molecule has 6 heteroatoms. The largest absolute Gasteiger partial charge is 0.398 e. The van der Waals surface area contributed by atoms with Crippen molar-refractivity contribution in [3.05, 3.63) is 30.6 Å². The number of fused-ring (bicyclic) bond motifs is 1. The van der Waals surface area contributed by atoms with Gasteiger partial charge in [0.15, 0.2) is 0 Å². The van der Waals surface area contributed by atoms with Gasteiger partial charge in [0.1, 0.15) is 6.04 Å². The number of piperazine rings is 1. The summed E-state index contributed by atoms with van der Waals surface area (Å²) < 4.78 is 0. The number of imide groups is 1. The molecule has 1 aromatic heterocycles. The fourth-order valence-corrected chi connectivity index (χ4v) is 2.77. The van der Waals surface area contributed by atoms with Gasteiger partial charge in [-0.05, 0) is 24.6 Å². The monoisotopic (exact) mass is 284 g/mol. The Labute approximate surface area is 121 Å². The lowest BCUT2D eigenvalue weighted by atomic mass is 10.0. The van der Waals surface area contributed by atoms with Crippen molar-refractivity contribution < 1.29 is 9.59 Å². The van der Waals surface area contributed by atoms with Crippen LogP contribution in [0.25, 0.3) is 10.8 Å². The topological polar surface area (TPSA) is 88.3 Å². The predicted molar refractivity (Wildman–Crippen MR) is 80.7 cm³/mol. The Bertz CT molecular complexity index is 729. The van der Waals surface area contributed by atoms with Crippen LogP contribution in [0.15, 0.2) is 30.6 Å². The molecule has 1 atom stereocenters. The van der Waals surface area contributed by atoms with Crippen LogP contribution in [0.5, 0.6) is 0 Å². The van der Waals surface area contributed by atoms with Gasteiger partial charge >= 0.3 is 0 Å². The molecule has 2 aromatic rings. The quantitative estimate of drug-likeness (QED) is 0.636. The van der Waals surface area contributed by atoms with Crippen LogP contribution < -0.4 is 16.0 Å². The van der Waals surface area contributed by atoms with Gasteiger partial charge in [-0.3, -0.25) is 19.9 Å². The van der Waals surface area contributed by atoms with E-state index in [0.29, 0.717) is 12.1 Å². The van der Waals surface area contributed by atoms with Crippen LogP contribution in [0.3, 0.4) is 0 Å². The molecule has 0 bridgehead atoms. The van der Waals surface area contributed by atoms with Crippen molar-refractivity contribution in [1.82, 2.24) is 10.3 Å². The third-order valence-electron chi connectivity index (χ3n) is 3.78. The van der Waals surface area contributed by atoms with Crippen LogP contribution in [-0.2, 0) is 9.59 Å². The maximum absolute atomic E-state index is 12.0. The number of pyridine rings is 1. The molecule has 1 fully saturated rings. The number of anilines is 2. The van der Waals surface area contributed by atoms with Crippen molar-refractivity contribution in [1.29, 1.82) is 0 Å². The van der Waals surface area contributed by atoms with E-state index in [9.17, 15) is 9.59 Å². The molecule has 3 N–H and O–H groups in total. The zero-order valence-electron chi connectivity index (χ0n) is 11.7. The first kappa shape index (κ1) is 13.4. The number of nitrogen functional groups attached to an aromatic ring is 1. The molecule has 21 heavy (non-hydrogen) atoms. The summed E-state index contributed by atoms with van der Waals surface area (Å²) in [5, 5.41) is 4.10. The molecule has 1 unspecified atom stereocenters. The Morgan fingerprint density at radius 1 is 1.33 bits per heavy atom. The van der Waals surface area contributed by atoms with Crippen molar-refractivity contribution in [2.24, 2.45) is 0 Å². The number of hydrogen-bond acceptors (Lipinski definition) is 5. The molecule has 1 saturated heterocycles. The molecule has 108 valence electrons. The highest BCUT2D eigenvalue weighted by molar-refractivity contribution is 6.08. The first-order valence-electron chi connectivity index (χ1n) is 6.84. The number of aromatic nitrogens is 1. The number of carbonyl (C=O) groups excluding carboxylic acids is 2. The zero-order valence-corrected chi connectivity index (χ0v) is 11.7. The van der Waals surface area contributed by atoms with E-state index in [-0.39, 0.29) is 24.4 Å². The molecule has 6 nitrogen and oxygen atoms in total. The maximum Gasteiger partial charge on any atom is 0.249 e. The molecule has 1 aromatic carbocycles. The number of hydrogen-bond donors (Lipinski definition) is 2. The fourth-order valence-electron chi connectivity index (χ4n) is 2.77. The summed E-state index contributed by atoms with van der Waals surface area (Å²) in [6.07, 6.45) is 4.00. The summed E-state index contributed by atoms with van der Waals surface area (Å²) >= 11 is 0. The van der Waals surface area contributed by atoms with Gasteiger partial charge in [0.05, 0.1) is 6.54 Å². The van der Waals surface area contributed by atoms with E-state index in [4.69, 9.17) is 5.73 Å². The second-order valence-corrected chi connectivity index (χ2v) is 5.06. The second-order valence-electron chi connectivity index (χ2n) is 5.06. The van der Waals surface area contributed by atoms with E-state index >= 15 is 0 Å². The van der Waals surface area contributed by atoms with E-state index in [2.05, 4.69) is 10.3 Å². The number of nitrogens with two attached hydrogens (primary N) is 1. The smallest absolute Gasteiger partial charge is 0.249 e. The fraction of sp³-hybridized carbons (Fsp3) is 0.267. The standard InChI is InChI=1S/C15H16N4O2/c1-2-12-15(21)18-14(20)8-19(12)13-4-3-11(16)9-5-6-17-7-10(9)13/h3-7,12H,2,8,16H2,1H3,(H,18,20,21). The van der Waals surface area contributed by atoms with E-state index in [1.807, 2.05) is 24.0 Å². The van der Waals surface area contributed by atoms with E-state index < -0.39 is 0 Å². The first-order valence-corrected chi connectivity index (χ1v) is 6.84. The summed E-state index contributed by atoms with van der Waals surface area (Å²) in [5.74, 6) is -0.554. The Hall–Kier alpha value is -2.63. The minimum absolute atomic E-state index is 0.151. The zero-order chi connectivity index (χ0) is 15.0. The molecule has 0 saturated carbocycles. The van der Waals surface area contributed by atoms with Gasteiger partial charge in [-0.25, -0.2) is 0 Å². The van der Waals surface area contributed by atoms with Crippen LogP contribution >= 0.6 is 0 Å². The average molecular weight is 284 g/mol. The average Bonchev–Trinajstić information content (AvgIpc) is 2.47. The molecule has 2 heterocycles. The highest BCUT2D eigenvalue weighted by atomic mass is 16.2. The van der Waals surface area contributed by atoms with Crippen LogP contribution in [0.4, 0.5) is 11.4 Å². The summed E-state index contributed by atoms with van der Waals surface area (Å²) in [7, 11) is 0. The number of nitrogens with one attached hydrogen (secondary N) is 1. The van der Waals surface area contributed by atoms with Gasteiger partial charge in [0.2, 0.25) is 11.8 Å². The van der Waals surface area contributed by atoms with Gasteiger partial charge in [0.25, 0.3) is 0 Å². The van der Waals surface area contributed by atoms with Crippen molar-refractivity contribution in [3.8, 4) is 0 Å². The minimum atomic E-state index is -0.366. The van der Waals surface area contributed by atoms with Crippen LogP contribution in [0.1, 0.15) is 13.3 Å². The van der Waals surface area contributed by atoms with E-state index in [1.54, 1.807) is 18.5 Å². The second kappa shape index (κ2) is 5.05. The number of nitrogens with zero attached hydrogens (tertiary/aromatic N) is 2. The molecule has 3 rings (SSSR count). The molecule has 0 radical (unpaired) electrons. The van der Waals surface area contributed by atoms with Crippen molar-refractivity contribution >= 4 is 34.0 Å². The van der Waals surface area contributed by atoms with Gasteiger partial charge in [-0.1, -0.05) is 6.92 Å². The summed E-state index contributed by atoms with van der Waals surface area (Å²) in [6.45, 7) is 2.07. The predicted octanol–water partition coefficient (Wildman–Crippen LogP) is 1.06. The lowest BCUT2D eigenvalue weighted by Crippen LogP contribution is -2.58. The first-order chi connectivity index (χ1) is 10.1. The van der Waals surface area contributed by atoms with Crippen LogP contribution in [-0.4, -0.2) is 29.4 Å². The van der Waals surface area contributed by atoms with Crippen molar-refractivity contribution in [2.45, 2.75) is 19.4 Å². The van der Waals surface area contributed by atoms with Crippen molar-refractivity contribution in [3.63, 3.8) is 0 Å². The number of amides is 2. The highest BCUT2D eigenvalue weighted by Gasteiger charge is 2.33. The summed E-state index contributed by atoms with van der Waals surface area (Å²) in [5.41, 5.74) is 7.44. The van der Waals surface area contributed by atoms with Crippen LogP contribution in [0, 0.1) is 0 Å². The minimum Gasteiger partial charge on any atom is -0.398 e. The third kappa shape index (κ3) is 2.18. The van der Waals surface area contributed by atoms with Crippen molar-refractivity contribution in [2.75, 3.05) is 17.2 Å². The molecular formula is C15H16N4O2. The Morgan fingerprint density at radius 3 is 2.90 bits per heavy atom. The maximum atomic E-state index is 12.0. The number of rotatable bonds is 2. The summed E-state index contributed by atoms with van der Waals surface area (Å²) in [6, 6.07) is 5.10. The molecule has 0 spiro atoms. The molecule has 1 aliphatic heterocycles. The van der Waals surface area contributed by atoms with Gasteiger partial charge in [0, 0.05) is 34.5 Å². The van der Waals surface area contributed by atoms with Gasteiger partial charge < -0.3 is 10.6 Å². The Morgan fingerprint density at radius 2 is 2.14 bits per heavy atom. The van der Waals surface area contributed by atoms with E-state index in [0.717, 1.165) is 16.5 Å². The normalized spacial score (nSPS) is 18.9. The molecule has 2 amide bonds. The lowest BCUT2D eigenvalue weighted by Gasteiger charge is -2.35. The van der Waals surface area contributed by atoms with Gasteiger partial charge in [-0.2, -0.15) is 0 Å². The number of carbonyl (C=O) groups is 2.